The monoisotopic (exact) mass is 303 g/mol. The zero-order valence-electron chi connectivity index (χ0n) is 11.3. The van der Waals surface area contributed by atoms with Crippen LogP contribution in [-0.2, 0) is 4.74 Å². The van der Waals surface area contributed by atoms with Crippen LogP contribution < -0.4 is 4.74 Å². The second kappa shape index (κ2) is 9.21. The molecule has 7 heteroatoms. The van der Waals surface area contributed by atoms with Crippen LogP contribution in [0, 0.1) is 11.8 Å². The van der Waals surface area contributed by atoms with Gasteiger partial charge < -0.3 is 14.6 Å². The molecular weight excluding hydrogens is 287 g/mol. The summed E-state index contributed by atoms with van der Waals surface area (Å²) in [6.07, 6.45) is -0.526. The molecule has 0 amide bonds. The lowest BCUT2D eigenvalue weighted by Gasteiger charge is -2.08. The minimum atomic E-state index is -4.30. The molecule has 0 aromatic carbocycles. The van der Waals surface area contributed by atoms with Crippen molar-refractivity contribution in [2.24, 2.45) is 0 Å². The fraction of sp³-hybridized carbons (Fsp3) is 0.500. The van der Waals surface area contributed by atoms with E-state index in [1.807, 2.05) is 0 Å². The highest BCUT2D eigenvalue weighted by atomic mass is 19.4. The van der Waals surface area contributed by atoms with Gasteiger partial charge in [-0.25, -0.2) is 0 Å². The Balaban J connectivity index is 2.26. The third-order valence-electron chi connectivity index (χ3n) is 2.15. The predicted octanol–water partition coefficient (Wildman–Crippen LogP) is 2.16. The molecule has 0 atom stereocenters. The van der Waals surface area contributed by atoms with Gasteiger partial charge in [0.25, 0.3) is 0 Å². The third kappa shape index (κ3) is 8.89. The molecule has 0 fully saturated rings. The summed E-state index contributed by atoms with van der Waals surface area (Å²) in [5, 5.41) is 8.61. The topological polar surface area (TPSA) is 51.6 Å². The molecule has 0 aliphatic carbocycles. The summed E-state index contributed by atoms with van der Waals surface area (Å²) in [6, 6.07) is 1.67. The molecule has 1 aromatic heterocycles. The largest absolute Gasteiger partial charge is 0.492 e. The summed E-state index contributed by atoms with van der Waals surface area (Å²) in [4.78, 5) is 3.94. The van der Waals surface area contributed by atoms with Crippen molar-refractivity contribution in [3.63, 3.8) is 0 Å². The SMILES string of the molecule is OCCC#Cc1cncc(OCCCOCC(F)(F)F)c1. The zero-order valence-corrected chi connectivity index (χ0v) is 11.3. The lowest BCUT2D eigenvalue weighted by molar-refractivity contribution is -0.174. The Hall–Kier alpha value is -1.78. The van der Waals surface area contributed by atoms with Gasteiger partial charge >= 0.3 is 6.18 Å². The Labute approximate surface area is 120 Å². The Bertz CT molecular complexity index is 480. The molecule has 0 unspecified atom stereocenters. The molecule has 4 nitrogen and oxygen atoms in total. The molecule has 0 bridgehead atoms. The first kappa shape index (κ1) is 17.3. The van der Waals surface area contributed by atoms with Gasteiger partial charge in [0.2, 0.25) is 0 Å². The summed E-state index contributed by atoms with van der Waals surface area (Å²) in [6.45, 7) is -1.05. The van der Waals surface area contributed by atoms with Gasteiger partial charge in [-0.05, 0) is 6.07 Å². The number of ether oxygens (including phenoxy) is 2. The number of aromatic nitrogens is 1. The second-order valence-electron chi connectivity index (χ2n) is 4.05. The number of aliphatic hydroxyl groups excluding tert-OH is 1. The third-order valence-corrected chi connectivity index (χ3v) is 2.15. The van der Waals surface area contributed by atoms with Crippen molar-refractivity contribution in [3.05, 3.63) is 24.0 Å². The van der Waals surface area contributed by atoms with Crippen LogP contribution in [-0.4, -0.2) is 42.7 Å². The Morgan fingerprint density at radius 3 is 2.76 bits per heavy atom. The first-order chi connectivity index (χ1) is 10.0. The highest BCUT2D eigenvalue weighted by Gasteiger charge is 2.27. The van der Waals surface area contributed by atoms with E-state index in [-0.39, 0.29) is 19.8 Å². The summed E-state index contributed by atoms with van der Waals surface area (Å²) in [7, 11) is 0. The van der Waals surface area contributed by atoms with Crippen molar-refractivity contribution in [2.45, 2.75) is 19.0 Å². The van der Waals surface area contributed by atoms with Gasteiger partial charge in [-0.15, -0.1) is 0 Å². The van der Waals surface area contributed by atoms with E-state index in [0.29, 0.717) is 24.2 Å². The zero-order chi connectivity index (χ0) is 15.6. The smallest absolute Gasteiger partial charge is 0.411 e. The summed E-state index contributed by atoms with van der Waals surface area (Å²) >= 11 is 0. The first-order valence-electron chi connectivity index (χ1n) is 6.33. The molecular formula is C14H16F3NO3. The van der Waals surface area contributed by atoms with E-state index in [2.05, 4.69) is 21.6 Å². The average molecular weight is 303 g/mol. The summed E-state index contributed by atoms with van der Waals surface area (Å²) in [5.41, 5.74) is 0.647. The van der Waals surface area contributed by atoms with Crippen molar-refractivity contribution in [2.75, 3.05) is 26.4 Å². The van der Waals surface area contributed by atoms with Crippen LogP contribution in [0.2, 0.25) is 0 Å². The van der Waals surface area contributed by atoms with Crippen molar-refractivity contribution in [3.8, 4) is 17.6 Å². The van der Waals surface area contributed by atoms with E-state index in [1.165, 1.54) is 6.20 Å². The van der Waals surface area contributed by atoms with Crippen LogP contribution in [0.15, 0.2) is 18.5 Å². The van der Waals surface area contributed by atoms with Crippen LogP contribution >= 0.6 is 0 Å². The van der Waals surface area contributed by atoms with E-state index in [9.17, 15) is 13.2 Å². The number of aliphatic hydroxyl groups is 1. The Kier molecular flexibility index (Phi) is 7.58. The standard InChI is InChI=1S/C14H16F3NO3/c15-14(16,17)11-20-6-3-7-21-13-8-12(9-18-10-13)4-1-2-5-19/h8-10,19H,2-3,5-7,11H2. The van der Waals surface area contributed by atoms with Crippen LogP contribution in [0.1, 0.15) is 18.4 Å². The van der Waals surface area contributed by atoms with Gasteiger partial charge in [0.15, 0.2) is 0 Å². The van der Waals surface area contributed by atoms with Crippen LogP contribution in [0.5, 0.6) is 5.75 Å². The summed E-state index contributed by atoms with van der Waals surface area (Å²) < 4.78 is 45.2. The Morgan fingerprint density at radius 2 is 2.05 bits per heavy atom. The van der Waals surface area contributed by atoms with Crippen LogP contribution in [0.25, 0.3) is 0 Å². The van der Waals surface area contributed by atoms with Gasteiger partial charge in [0.1, 0.15) is 12.4 Å². The van der Waals surface area contributed by atoms with E-state index < -0.39 is 12.8 Å². The Morgan fingerprint density at radius 1 is 1.24 bits per heavy atom. The number of alkyl halides is 3. The summed E-state index contributed by atoms with van der Waals surface area (Å²) in [5.74, 6) is 6.05. The van der Waals surface area contributed by atoms with Crippen molar-refractivity contribution >= 4 is 0 Å². The fourth-order valence-electron chi connectivity index (χ4n) is 1.33. The maximum atomic E-state index is 11.8. The van der Waals surface area contributed by atoms with Crippen molar-refractivity contribution in [1.82, 2.24) is 4.98 Å². The van der Waals surface area contributed by atoms with E-state index in [4.69, 9.17) is 9.84 Å². The van der Waals surface area contributed by atoms with Gasteiger partial charge in [0, 0.05) is 24.6 Å². The minimum absolute atomic E-state index is 0.00541. The molecule has 0 saturated carbocycles. The second-order valence-corrected chi connectivity index (χ2v) is 4.05. The number of hydrogen-bond acceptors (Lipinski definition) is 4. The molecule has 0 spiro atoms. The molecule has 1 N–H and O–H groups in total. The first-order valence-corrected chi connectivity index (χ1v) is 6.33. The van der Waals surface area contributed by atoms with Crippen molar-refractivity contribution in [1.29, 1.82) is 0 Å². The minimum Gasteiger partial charge on any atom is -0.492 e. The molecule has 116 valence electrons. The predicted molar refractivity (Wildman–Crippen MR) is 69.8 cm³/mol. The molecule has 0 aliphatic heterocycles. The molecule has 0 aliphatic rings. The lowest BCUT2D eigenvalue weighted by atomic mass is 10.2. The van der Waals surface area contributed by atoms with Gasteiger partial charge in [0.05, 0.1) is 26.0 Å². The van der Waals surface area contributed by atoms with Crippen LogP contribution in [0.4, 0.5) is 13.2 Å². The van der Waals surface area contributed by atoms with Gasteiger partial charge in [-0.1, -0.05) is 11.8 Å². The van der Waals surface area contributed by atoms with E-state index >= 15 is 0 Å². The van der Waals surface area contributed by atoms with Crippen LogP contribution in [0.3, 0.4) is 0 Å². The molecule has 21 heavy (non-hydrogen) atoms. The number of pyridine rings is 1. The molecule has 1 aromatic rings. The fourth-order valence-corrected chi connectivity index (χ4v) is 1.33. The number of halogens is 3. The number of rotatable bonds is 7. The number of nitrogens with zero attached hydrogens (tertiary/aromatic N) is 1. The lowest BCUT2D eigenvalue weighted by Crippen LogP contribution is -2.18. The molecule has 0 radical (unpaired) electrons. The normalized spacial score (nSPS) is 10.9. The molecule has 1 rings (SSSR count). The van der Waals surface area contributed by atoms with Crippen molar-refractivity contribution < 1.29 is 27.8 Å². The molecule has 1 heterocycles. The maximum absolute atomic E-state index is 11.8. The van der Waals surface area contributed by atoms with Gasteiger partial charge in [-0.2, -0.15) is 13.2 Å². The van der Waals surface area contributed by atoms with E-state index in [1.54, 1.807) is 12.3 Å². The quantitative estimate of drug-likeness (QED) is 0.619. The highest BCUT2D eigenvalue weighted by Crippen LogP contribution is 2.14. The maximum Gasteiger partial charge on any atom is 0.411 e. The highest BCUT2D eigenvalue weighted by molar-refractivity contribution is 5.36. The average Bonchev–Trinajstić information content (AvgIpc) is 2.42. The van der Waals surface area contributed by atoms with E-state index in [0.717, 1.165) is 0 Å². The van der Waals surface area contributed by atoms with Gasteiger partial charge in [-0.3, -0.25) is 4.98 Å². The number of hydrogen-bond donors (Lipinski definition) is 1. The molecule has 0 saturated heterocycles.